The molecule has 7 heteroatoms. The van der Waals surface area contributed by atoms with Crippen molar-refractivity contribution in [3.63, 3.8) is 0 Å². The van der Waals surface area contributed by atoms with E-state index < -0.39 is 0 Å². The van der Waals surface area contributed by atoms with E-state index in [1.165, 1.54) is 0 Å². The number of rotatable bonds is 5. The number of hydrogen-bond acceptors (Lipinski definition) is 6. The number of pyridine rings is 1. The van der Waals surface area contributed by atoms with Crippen LogP contribution in [0.25, 0.3) is 10.2 Å². The SMILES string of the molecule is COc1ccc2nc(N3CCCC(C(=O)NCc4ccccn4)C3)sc2c1. The lowest BCUT2D eigenvalue weighted by molar-refractivity contribution is -0.125. The maximum Gasteiger partial charge on any atom is 0.225 e. The van der Waals surface area contributed by atoms with E-state index in [4.69, 9.17) is 9.72 Å². The van der Waals surface area contributed by atoms with Crippen molar-refractivity contribution in [2.24, 2.45) is 5.92 Å². The second kappa shape index (κ2) is 7.92. The van der Waals surface area contributed by atoms with Gasteiger partial charge in [0.2, 0.25) is 5.91 Å². The Morgan fingerprint density at radius 1 is 1.37 bits per heavy atom. The van der Waals surface area contributed by atoms with Crippen LogP contribution in [0.5, 0.6) is 5.75 Å². The van der Waals surface area contributed by atoms with E-state index in [1.54, 1.807) is 24.6 Å². The van der Waals surface area contributed by atoms with Gasteiger partial charge >= 0.3 is 0 Å². The molecular formula is C20H22N4O2S. The van der Waals surface area contributed by atoms with Crippen molar-refractivity contribution in [3.8, 4) is 5.75 Å². The quantitative estimate of drug-likeness (QED) is 0.734. The van der Waals surface area contributed by atoms with Crippen molar-refractivity contribution >= 4 is 32.6 Å². The number of methoxy groups -OCH3 is 1. The summed E-state index contributed by atoms with van der Waals surface area (Å²) in [5, 5.41) is 3.99. The summed E-state index contributed by atoms with van der Waals surface area (Å²) >= 11 is 1.65. The molecule has 1 amide bonds. The number of fused-ring (bicyclic) bond motifs is 1. The topological polar surface area (TPSA) is 67.3 Å². The summed E-state index contributed by atoms with van der Waals surface area (Å²) in [4.78, 5) is 23.8. The third-order valence-electron chi connectivity index (χ3n) is 4.82. The molecule has 0 spiro atoms. The van der Waals surface area contributed by atoms with Crippen molar-refractivity contribution in [3.05, 3.63) is 48.3 Å². The number of nitrogens with zero attached hydrogens (tertiary/aromatic N) is 3. The number of carbonyl (C=O) groups is 1. The van der Waals surface area contributed by atoms with Crippen LogP contribution in [-0.2, 0) is 11.3 Å². The lowest BCUT2D eigenvalue weighted by atomic mass is 9.97. The number of aromatic nitrogens is 2. The predicted octanol–water partition coefficient (Wildman–Crippen LogP) is 3.23. The highest BCUT2D eigenvalue weighted by Crippen LogP contribution is 2.33. The molecule has 0 bridgehead atoms. The van der Waals surface area contributed by atoms with E-state index in [0.29, 0.717) is 13.1 Å². The maximum atomic E-state index is 12.6. The summed E-state index contributed by atoms with van der Waals surface area (Å²) in [6, 6.07) is 11.6. The minimum atomic E-state index is -0.0241. The van der Waals surface area contributed by atoms with Crippen molar-refractivity contribution in [1.82, 2.24) is 15.3 Å². The highest BCUT2D eigenvalue weighted by atomic mass is 32.1. The largest absolute Gasteiger partial charge is 0.497 e. The zero-order chi connectivity index (χ0) is 18.6. The molecule has 1 aromatic carbocycles. The van der Waals surface area contributed by atoms with E-state index in [9.17, 15) is 4.79 Å². The van der Waals surface area contributed by atoms with E-state index >= 15 is 0 Å². The molecule has 6 nitrogen and oxygen atoms in total. The van der Waals surface area contributed by atoms with Gasteiger partial charge in [-0.25, -0.2) is 4.98 Å². The first kappa shape index (κ1) is 17.7. The third kappa shape index (κ3) is 4.03. The van der Waals surface area contributed by atoms with Gasteiger partial charge in [-0.2, -0.15) is 0 Å². The third-order valence-corrected chi connectivity index (χ3v) is 5.90. The molecule has 27 heavy (non-hydrogen) atoms. The number of thiazole rings is 1. The number of hydrogen-bond donors (Lipinski definition) is 1. The van der Waals surface area contributed by atoms with Gasteiger partial charge in [-0.1, -0.05) is 17.4 Å². The van der Waals surface area contributed by atoms with Gasteiger partial charge in [0.1, 0.15) is 5.75 Å². The summed E-state index contributed by atoms with van der Waals surface area (Å²) in [6.07, 6.45) is 3.64. The van der Waals surface area contributed by atoms with E-state index in [0.717, 1.165) is 46.2 Å². The predicted molar refractivity (Wildman–Crippen MR) is 107 cm³/mol. The van der Waals surface area contributed by atoms with Crippen LogP contribution in [0.3, 0.4) is 0 Å². The fourth-order valence-electron chi connectivity index (χ4n) is 3.34. The van der Waals surface area contributed by atoms with Gasteiger partial charge in [-0.3, -0.25) is 9.78 Å². The lowest BCUT2D eigenvalue weighted by Crippen LogP contribution is -2.43. The van der Waals surface area contributed by atoms with Crippen LogP contribution in [0.1, 0.15) is 18.5 Å². The normalized spacial score (nSPS) is 17.1. The summed E-state index contributed by atoms with van der Waals surface area (Å²) < 4.78 is 6.40. The van der Waals surface area contributed by atoms with E-state index in [-0.39, 0.29) is 11.8 Å². The van der Waals surface area contributed by atoms with Gasteiger partial charge in [0.05, 0.1) is 35.5 Å². The molecule has 2 aromatic heterocycles. The van der Waals surface area contributed by atoms with Crippen LogP contribution in [-0.4, -0.2) is 36.1 Å². The molecule has 0 aliphatic carbocycles. The summed E-state index contributed by atoms with van der Waals surface area (Å²) in [6.45, 7) is 2.10. The Labute approximate surface area is 162 Å². The molecule has 3 aromatic rings. The van der Waals surface area contributed by atoms with Crippen LogP contribution in [0.15, 0.2) is 42.6 Å². The van der Waals surface area contributed by atoms with Crippen molar-refractivity contribution in [2.75, 3.05) is 25.1 Å². The molecule has 1 fully saturated rings. The molecule has 1 unspecified atom stereocenters. The Morgan fingerprint density at radius 2 is 2.30 bits per heavy atom. The van der Waals surface area contributed by atoms with Gasteiger partial charge < -0.3 is 15.0 Å². The average Bonchev–Trinajstić information content (AvgIpc) is 3.16. The minimum Gasteiger partial charge on any atom is -0.497 e. The van der Waals surface area contributed by atoms with Crippen molar-refractivity contribution in [1.29, 1.82) is 0 Å². The number of benzene rings is 1. The fourth-order valence-corrected chi connectivity index (χ4v) is 4.37. The summed E-state index contributed by atoms with van der Waals surface area (Å²) in [5.74, 6) is 0.903. The number of amides is 1. The second-order valence-corrected chi connectivity index (χ2v) is 7.66. The number of anilines is 1. The zero-order valence-corrected chi connectivity index (χ0v) is 16.0. The van der Waals surface area contributed by atoms with Crippen LogP contribution in [0, 0.1) is 5.92 Å². The molecule has 1 aliphatic heterocycles. The van der Waals surface area contributed by atoms with Crippen molar-refractivity contribution in [2.45, 2.75) is 19.4 Å². The van der Waals surface area contributed by atoms with Crippen LogP contribution >= 0.6 is 11.3 Å². The maximum absolute atomic E-state index is 12.6. The molecular weight excluding hydrogens is 360 g/mol. The number of nitrogens with one attached hydrogen (secondary N) is 1. The number of piperidine rings is 1. The molecule has 3 heterocycles. The molecule has 1 N–H and O–H groups in total. The lowest BCUT2D eigenvalue weighted by Gasteiger charge is -2.31. The van der Waals surface area contributed by atoms with Gasteiger partial charge in [0.15, 0.2) is 5.13 Å². The zero-order valence-electron chi connectivity index (χ0n) is 15.2. The highest BCUT2D eigenvalue weighted by Gasteiger charge is 2.27. The van der Waals surface area contributed by atoms with Gasteiger partial charge in [-0.05, 0) is 43.2 Å². The van der Waals surface area contributed by atoms with Crippen molar-refractivity contribution < 1.29 is 9.53 Å². The highest BCUT2D eigenvalue weighted by molar-refractivity contribution is 7.22. The number of ether oxygens (including phenoxy) is 1. The van der Waals surface area contributed by atoms with Gasteiger partial charge in [0.25, 0.3) is 0 Å². The molecule has 0 saturated carbocycles. The second-order valence-electron chi connectivity index (χ2n) is 6.65. The first-order valence-electron chi connectivity index (χ1n) is 9.10. The van der Waals surface area contributed by atoms with Crippen LogP contribution < -0.4 is 15.0 Å². The molecule has 1 atom stereocenters. The Morgan fingerprint density at radius 3 is 3.11 bits per heavy atom. The van der Waals surface area contributed by atoms with Gasteiger partial charge in [-0.15, -0.1) is 0 Å². The summed E-state index contributed by atoms with van der Waals surface area (Å²) in [5.41, 5.74) is 1.84. The fraction of sp³-hybridized carbons (Fsp3) is 0.350. The van der Waals surface area contributed by atoms with E-state index in [1.807, 2.05) is 36.4 Å². The molecule has 0 radical (unpaired) electrons. The average molecular weight is 382 g/mol. The van der Waals surface area contributed by atoms with Crippen LogP contribution in [0.2, 0.25) is 0 Å². The monoisotopic (exact) mass is 382 g/mol. The Bertz CT molecular complexity index is 928. The van der Waals surface area contributed by atoms with E-state index in [2.05, 4.69) is 15.2 Å². The standard InChI is InChI=1S/C20H22N4O2S/c1-26-16-7-8-17-18(11-16)27-20(23-17)24-10-4-5-14(13-24)19(25)22-12-15-6-2-3-9-21-15/h2-3,6-9,11,14H,4-5,10,12-13H2,1H3,(H,22,25). The Kier molecular flexibility index (Phi) is 5.20. The molecule has 140 valence electrons. The molecule has 4 rings (SSSR count). The molecule has 1 aliphatic rings. The first-order valence-corrected chi connectivity index (χ1v) is 9.92. The Balaban J connectivity index is 1.42. The molecule has 1 saturated heterocycles. The van der Waals surface area contributed by atoms with Gasteiger partial charge in [0, 0.05) is 19.3 Å². The first-order chi connectivity index (χ1) is 13.2. The smallest absolute Gasteiger partial charge is 0.225 e. The summed E-state index contributed by atoms with van der Waals surface area (Å²) in [7, 11) is 1.67. The Hall–Kier alpha value is -2.67. The van der Waals surface area contributed by atoms with Crippen LogP contribution in [0.4, 0.5) is 5.13 Å². The number of carbonyl (C=O) groups excluding carboxylic acids is 1. The minimum absolute atomic E-state index is 0.0241.